The maximum atomic E-state index is 2.38. The van der Waals surface area contributed by atoms with Crippen molar-refractivity contribution in [2.75, 3.05) is 13.1 Å². The van der Waals surface area contributed by atoms with Crippen LogP contribution in [0.1, 0.15) is 65.2 Å². The van der Waals surface area contributed by atoms with E-state index in [9.17, 15) is 0 Å². The monoisotopic (exact) mass is 271 g/mol. The van der Waals surface area contributed by atoms with Crippen LogP contribution in [-0.2, 0) is 0 Å². The summed E-state index contributed by atoms with van der Waals surface area (Å²) >= 11 is 0. The third kappa shape index (κ3) is 6.61. The molecule has 0 aromatic heterocycles. The molecule has 1 aliphatic rings. The molecule has 1 aliphatic heterocycles. The summed E-state index contributed by atoms with van der Waals surface area (Å²) in [5.74, 6) is 0. The normalized spacial score (nSPS) is 15.9. The molecule has 0 aromatic rings. The van der Waals surface area contributed by atoms with Crippen LogP contribution in [0.25, 0.3) is 0 Å². The van der Waals surface area contributed by atoms with Crippen molar-refractivity contribution in [3.63, 3.8) is 0 Å². The van der Waals surface area contributed by atoms with Crippen LogP contribution >= 0.6 is 0 Å². The molecule has 0 aromatic carbocycles. The van der Waals surface area contributed by atoms with Gasteiger partial charge in [0.25, 0.3) is 0 Å². The molecule has 2 heteroatoms. The van der Waals surface area contributed by atoms with E-state index in [0.29, 0.717) is 0 Å². The first-order chi connectivity index (χ1) is 8.33. The Morgan fingerprint density at radius 2 is 1.17 bits per heavy atom. The summed E-state index contributed by atoms with van der Waals surface area (Å²) in [6.07, 6.45) is 20.2. The molecule has 106 valence electrons. The van der Waals surface area contributed by atoms with E-state index in [4.69, 9.17) is 0 Å². The average molecular weight is 272 g/mol. The third-order valence-electron chi connectivity index (χ3n) is 3.73. The van der Waals surface area contributed by atoms with Crippen LogP contribution < -0.4 is 12.4 Å². The molecule has 0 N–H and O–H groups in total. The molecular weight excluding hydrogens is 242 g/mol. The number of unbranched alkanes of at least 4 members (excludes halogenated alkanes) is 6. The first-order valence-corrected chi connectivity index (χ1v) is 7.56. The summed E-state index contributed by atoms with van der Waals surface area (Å²) in [6, 6.07) is 0. The molecule has 0 bridgehead atoms. The highest BCUT2D eigenvalue weighted by molar-refractivity contribution is 5.03. The summed E-state index contributed by atoms with van der Waals surface area (Å²) in [5, 5.41) is 0. The molecule has 0 saturated heterocycles. The van der Waals surface area contributed by atoms with Gasteiger partial charge in [-0.1, -0.05) is 46.0 Å². The second-order valence-electron chi connectivity index (χ2n) is 5.35. The topological polar surface area (TPSA) is 0 Å². The summed E-state index contributed by atoms with van der Waals surface area (Å²) in [4.78, 5) is 0. The van der Waals surface area contributed by atoms with Crippen LogP contribution in [0.3, 0.4) is 0 Å². The molecule has 1 nitrogen and oxygen atoms in total. The van der Waals surface area contributed by atoms with Gasteiger partial charge in [-0.3, -0.25) is 4.48 Å². The highest BCUT2D eigenvalue weighted by Crippen LogP contribution is 2.19. The zero-order valence-corrected chi connectivity index (χ0v) is 13.0. The minimum Gasteiger partial charge on any atom is -1.00 e. The lowest BCUT2D eigenvalue weighted by molar-refractivity contribution is -0.826. The van der Waals surface area contributed by atoms with Gasteiger partial charge in [-0.25, -0.2) is 0 Å². The molecule has 18 heavy (non-hydrogen) atoms. The highest BCUT2D eigenvalue weighted by atomic mass is 35.5. The zero-order valence-electron chi connectivity index (χ0n) is 12.2. The predicted molar refractivity (Wildman–Crippen MR) is 76.6 cm³/mol. The van der Waals surface area contributed by atoms with Gasteiger partial charge in [-0.15, -0.1) is 0 Å². The van der Waals surface area contributed by atoms with Gasteiger partial charge in [0.1, 0.15) is 12.4 Å². The van der Waals surface area contributed by atoms with Crippen molar-refractivity contribution < 1.29 is 16.9 Å². The van der Waals surface area contributed by atoms with Crippen LogP contribution in [0.5, 0.6) is 0 Å². The standard InChI is InChI=1S/C16H30N.ClH/c1-3-5-7-8-9-10-14-17(13-6-4-2)15-11-12-16-17;/h11-12,15-16H,3-10,13-14H2,1-2H3;1H/q+1;/p-1. The molecule has 1 rings (SSSR count). The number of quaternary nitrogens is 1. The number of hydrogen-bond donors (Lipinski definition) is 0. The Kier molecular flexibility index (Phi) is 10.5. The summed E-state index contributed by atoms with van der Waals surface area (Å²) in [5.41, 5.74) is 0. The van der Waals surface area contributed by atoms with Crippen molar-refractivity contribution in [2.45, 2.75) is 65.2 Å². The van der Waals surface area contributed by atoms with E-state index in [1.807, 2.05) is 0 Å². The lowest BCUT2D eigenvalue weighted by atomic mass is 10.1. The fourth-order valence-electron chi connectivity index (χ4n) is 2.54. The first kappa shape index (κ1) is 17.7. The van der Waals surface area contributed by atoms with Gasteiger partial charge in [0.05, 0.1) is 13.1 Å². The molecule has 0 saturated carbocycles. The molecule has 0 spiro atoms. The Labute approximate surface area is 120 Å². The van der Waals surface area contributed by atoms with Crippen LogP contribution in [-0.4, -0.2) is 17.6 Å². The predicted octanol–water partition coefficient (Wildman–Crippen LogP) is 2.01. The third-order valence-corrected chi connectivity index (χ3v) is 3.73. The Hall–Kier alpha value is -0.270. The maximum Gasteiger partial charge on any atom is 0.101 e. The lowest BCUT2D eigenvalue weighted by Crippen LogP contribution is -3.00. The number of hydrogen-bond acceptors (Lipinski definition) is 0. The van der Waals surface area contributed by atoms with E-state index < -0.39 is 0 Å². The molecule has 0 amide bonds. The Balaban J connectivity index is 0.00000289. The van der Waals surface area contributed by atoms with E-state index >= 15 is 0 Å². The van der Waals surface area contributed by atoms with Crippen molar-refractivity contribution in [2.24, 2.45) is 0 Å². The van der Waals surface area contributed by atoms with Crippen molar-refractivity contribution in [3.8, 4) is 0 Å². The van der Waals surface area contributed by atoms with Gasteiger partial charge in [-0.05, 0) is 31.4 Å². The quantitative estimate of drug-likeness (QED) is 0.421. The number of allylic oxidation sites excluding steroid dienone is 2. The SMILES string of the molecule is CCCCCCCC[N+]1(CCCC)C=CC=C1.[Cl-]. The molecule has 1 heterocycles. The van der Waals surface area contributed by atoms with Crippen molar-refractivity contribution in [1.82, 2.24) is 0 Å². The summed E-state index contributed by atoms with van der Waals surface area (Å²) in [7, 11) is 0. The summed E-state index contributed by atoms with van der Waals surface area (Å²) < 4.78 is 1.11. The molecule has 0 unspecified atom stereocenters. The lowest BCUT2D eigenvalue weighted by Gasteiger charge is -2.29. The van der Waals surface area contributed by atoms with Gasteiger partial charge >= 0.3 is 0 Å². The minimum absolute atomic E-state index is 0. The fraction of sp³-hybridized carbons (Fsp3) is 0.750. The van der Waals surface area contributed by atoms with Crippen LogP contribution in [0.15, 0.2) is 24.6 Å². The van der Waals surface area contributed by atoms with Gasteiger partial charge in [0.2, 0.25) is 0 Å². The zero-order chi connectivity index (χ0) is 12.4. The maximum absolute atomic E-state index is 2.38. The number of rotatable bonds is 10. The first-order valence-electron chi connectivity index (χ1n) is 7.56. The smallest absolute Gasteiger partial charge is 0.101 e. The van der Waals surface area contributed by atoms with Gasteiger partial charge < -0.3 is 12.4 Å². The van der Waals surface area contributed by atoms with E-state index in [2.05, 4.69) is 38.4 Å². The minimum atomic E-state index is 0. The molecule has 0 aliphatic carbocycles. The Bertz CT molecular complexity index is 233. The van der Waals surface area contributed by atoms with Crippen LogP contribution in [0.2, 0.25) is 0 Å². The second-order valence-corrected chi connectivity index (χ2v) is 5.35. The fourth-order valence-corrected chi connectivity index (χ4v) is 2.54. The number of nitrogens with zero attached hydrogens (tertiary/aromatic N) is 1. The van der Waals surface area contributed by atoms with E-state index in [1.54, 1.807) is 0 Å². The van der Waals surface area contributed by atoms with E-state index in [1.165, 1.54) is 64.5 Å². The van der Waals surface area contributed by atoms with Crippen molar-refractivity contribution in [1.29, 1.82) is 0 Å². The Morgan fingerprint density at radius 3 is 1.78 bits per heavy atom. The van der Waals surface area contributed by atoms with Crippen LogP contribution in [0.4, 0.5) is 0 Å². The van der Waals surface area contributed by atoms with E-state index in [-0.39, 0.29) is 12.4 Å². The van der Waals surface area contributed by atoms with Gasteiger partial charge in [0, 0.05) is 0 Å². The highest BCUT2D eigenvalue weighted by Gasteiger charge is 2.22. The molecule has 0 atom stereocenters. The van der Waals surface area contributed by atoms with Gasteiger partial charge in [-0.2, -0.15) is 0 Å². The number of halogens is 1. The van der Waals surface area contributed by atoms with Crippen molar-refractivity contribution >= 4 is 0 Å². The molecule has 0 fully saturated rings. The average Bonchev–Trinajstić information content (AvgIpc) is 2.80. The Morgan fingerprint density at radius 1 is 0.667 bits per heavy atom. The molecule has 0 radical (unpaired) electrons. The largest absolute Gasteiger partial charge is 1.00 e. The van der Waals surface area contributed by atoms with Crippen LogP contribution in [0, 0.1) is 0 Å². The van der Waals surface area contributed by atoms with E-state index in [0.717, 1.165) is 4.48 Å². The van der Waals surface area contributed by atoms with Crippen molar-refractivity contribution in [3.05, 3.63) is 24.6 Å². The molecular formula is C16H30ClN. The second kappa shape index (κ2) is 10.6. The summed E-state index contributed by atoms with van der Waals surface area (Å²) in [6.45, 7) is 7.16. The van der Waals surface area contributed by atoms with Gasteiger partial charge in [0.15, 0.2) is 0 Å².